The second-order valence-corrected chi connectivity index (χ2v) is 6.15. The Bertz CT molecular complexity index is 493. The first-order chi connectivity index (χ1) is 7.49. The largest absolute Gasteiger partial charge is 0.327 e. The monoisotopic (exact) mass is 257 g/mol. The van der Waals surface area contributed by atoms with Gasteiger partial charge in [-0.15, -0.1) is 11.8 Å². The Hall–Kier alpha value is -0.780. The fourth-order valence-electron chi connectivity index (χ4n) is 1.30. The number of hydrogen-bond donors (Lipinski definition) is 1. The summed E-state index contributed by atoms with van der Waals surface area (Å²) in [4.78, 5) is 1.14. The molecular weight excluding hydrogens is 242 g/mol. The van der Waals surface area contributed by atoms with Crippen molar-refractivity contribution in [1.82, 2.24) is 0 Å². The lowest BCUT2D eigenvalue weighted by Gasteiger charge is -2.06. The summed E-state index contributed by atoms with van der Waals surface area (Å²) in [6.45, 7) is 0.475. The molecule has 0 saturated carbocycles. The number of benzene rings is 1. The highest BCUT2D eigenvalue weighted by Gasteiger charge is 2.12. The third kappa shape index (κ3) is 3.37. The standard InChI is InChI=1S/C11H15NO2S2/c1-15-10-8-9(4-3-7-12)5-6-11(10)16(2,13)14/h3-6,8H,7,12H2,1-2H3/b4-3+. The molecule has 5 heteroatoms. The minimum atomic E-state index is -3.15. The molecule has 0 spiro atoms. The third-order valence-corrected chi connectivity index (χ3v) is 4.10. The van der Waals surface area contributed by atoms with Crippen LogP contribution in [-0.2, 0) is 9.84 Å². The highest BCUT2D eigenvalue weighted by Crippen LogP contribution is 2.26. The van der Waals surface area contributed by atoms with Crippen LogP contribution in [0.1, 0.15) is 5.56 Å². The van der Waals surface area contributed by atoms with Gasteiger partial charge in [0, 0.05) is 17.7 Å². The third-order valence-electron chi connectivity index (χ3n) is 2.03. The molecule has 0 aliphatic rings. The van der Waals surface area contributed by atoms with Crippen molar-refractivity contribution < 1.29 is 8.42 Å². The molecule has 0 unspecified atom stereocenters. The number of rotatable bonds is 4. The second-order valence-electron chi connectivity index (χ2n) is 3.32. The van der Waals surface area contributed by atoms with E-state index >= 15 is 0 Å². The first-order valence-electron chi connectivity index (χ1n) is 4.73. The molecule has 0 saturated heterocycles. The number of sulfone groups is 1. The number of nitrogens with two attached hydrogens (primary N) is 1. The van der Waals surface area contributed by atoms with Gasteiger partial charge in [0.1, 0.15) is 0 Å². The lowest BCUT2D eigenvalue weighted by Crippen LogP contribution is -1.99. The van der Waals surface area contributed by atoms with Crippen LogP contribution in [0.2, 0.25) is 0 Å². The van der Waals surface area contributed by atoms with E-state index < -0.39 is 9.84 Å². The summed E-state index contributed by atoms with van der Waals surface area (Å²) in [5, 5.41) is 0. The lowest BCUT2D eigenvalue weighted by atomic mass is 10.2. The predicted molar refractivity (Wildman–Crippen MR) is 69.4 cm³/mol. The number of hydrogen-bond acceptors (Lipinski definition) is 4. The predicted octanol–water partition coefficient (Wildman–Crippen LogP) is 1.78. The average Bonchev–Trinajstić information content (AvgIpc) is 2.24. The van der Waals surface area contributed by atoms with Gasteiger partial charge in [0.2, 0.25) is 0 Å². The SMILES string of the molecule is CSc1cc(/C=C/CN)ccc1S(C)(=O)=O. The van der Waals surface area contributed by atoms with Crippen molar-refractivity contribution in [3.63, 3.8) is 0 Å². The smallest absolute Gasteiger partial charge is 0.176 e. The molecule has 0 amide bonds. The van der Waals surface area contributed by atoms with Gasteiger partial charge in [0.05, 0.1) is 4.90 Å². The molecule has 0 atom stereocenters. The van der Waals surface area contributed by atoms with E-state index in [2.05, 4.69) is 0 Å². The normalized spacial score (nSPS) is 12.2. The molecule has 3 nitrogen and oxygen atoms in total. The first kappa shape index (κ1) is 13.3. The van der Waals surface area contributed by atoms with Crippen LogP contribution in [0, 0.1) is 0 Å². The van der Waals surface area contributed by atoms with Crippen molar-refractivity contribution in [1.29, 1.82) is 0 Å². The summed E-state index contributed by atoms with van der Waals surface area (Å²) in [6, 6.07) is 5.27. The molecule has 0 fully saturated rings. The Kier molecular flexibility index (Phi) is 4.58. The van der Waals surface area contributed by atoms with Gasteiger partial charge in [-0.25, -0.2) is 8.42 Å². The summed E-state index contributed by atoms with van der Waals surface area (Å²) >= 11 is 1.43. The molecule has 2 N–H and O–H groups in total. The van der Waals surface area contributed by atoms with E-state index in [4.69, 9.17) is 5.73 Å². The summed E-state index contributed by atoms with van der Waals surface area (Å²) in [5.41, 5.74) is 6.32. The molecule has 0 aromatic heterocycles. The minimum Gasteiger partial charge on any atom is -0.327 e. The van der Waals surface area contributed by atoms with E-state index in [9.17, 15) is 8.42 Å². The van der Waals surface area contributed by atoms with Crippen LogP contribution in [0.15, 0.2) is 34.1 Å². The van der Waals surface area contributed by atoms with Crippen LogP contribution < -0.4 is 5.73 Å². The van der Waals surface area contributed by atoms with E-state index in [0.29, 0.717) is 11.4 Å². The molecular formula is C11H15NO2S2. The van der Waals surface area contributed by atoms with Gasteiger partial charge >= 0.3 is 0 Å². The molecule has 0 radical (unpaired) electrons. The Balaban J connectivity index is 3.22. The zero-order valence-electron chi connectivity index (χ0n) is 9.30. The highest BCUT2D eigenvalue weighted by atomic mass is 32.2. The maximum atomic E-state index is 11.5. The van der Waals surface area contributed by atoms with Gasteiger partial charge in [-0.1, -0.05) is 18.2 Å². The zero-order valence-corrected chi connectivity index (χ0v) is 10.9. The van der Waals surface area contributed by atoms with Gasteiger partial charge in [-0.2, -0.15) is 0 Å². The molecule has 0 aliphatic carbocycles. The van der Waals surface area contributed by atoms with Crippen LogP contribution in [0.3, 0.4) is 0 Å². The molecule has 1 aromatic carbocycles. The van der Waals surface area contributed by atoms with Crippen molar-refractivity contribution in [2.75, 3.05) is 19.1 Å². The van der Waals surface area contributed by atoms with Crippen LogP contribution in [0.5, 0.6) is 0 Å². The van der Waals surface area contributed by atoms with Gasteiger partial charge in [-0.3, -0.25) is 0 Å². The minimum absolute atomic E-state index is 0.380. The van der Waals surface area contributed by atoms with Crippen molar-refractivity contribution in [2.45, 2.75) is 9.79 Å². The van der Waals surface area contributed by atoms with Crippen LogP contribution in [0.25, 0.3) is 6.08 Å². The van der Waals surface area contributed by atoms with E-state index in [1.807, 2.05) is 24.5 Å². The Morgan fingerprint density at radius 3 is 2.62 bits per heavy atom. The maximum absolute atomic E-state index is 11.5. The number of thioether (sulfide) groups is 1. The molecule has 0 aliphatic heterocycles. The fourth-order valence-corrected chi connectivity index (χ4v) is 3.27. The average molecular weight is 257 g/mol. The van der Waals surface area contributed by atoms with E-state index in [-0.39, 0.29) is 0 Å². The molecule has 0 heterocycles. The van der Waals surface area contributed by atoms with E-state index in [0.717, 1.165) is 10.5 Å². The van der Waals surface area contributed by atoms with Crippen molar-refractivity contribution in [3.8, 4) is 0 Å². The Morgan fingerprint density at radius 1 is 1.44 bits per heavy atom. The van der Waals surface area contributed by atoms with Gasteiger partial charge in [0.15, 0.2) is 9.84 Å². The molecule has 0 bridgehead atoms. The summed E-state index contributed by atoms with van der Waals surface area (Å²) < 4.78 is 23.0. The topological polar surface area (TPSA) is 60.2 Å². The lowest BCUT2D eigenvalue weighted by molar-refractivity contribution is 0.600. The molecule has 16 heavy (non-hydrogen) atoms. The van der Waals surface area contributed by atoms with Gasteiger partial charge < -0.3 is 5.73 Å². The van der Waals surface area contributed by atoms with Gasteiger partial charge in [0.25, 0.3) is 0 Å². The fraction of sp³-hybridized carbons (Fsp3) is 0.273. The molecule has 1 rings (SSSR count). The second kappa shape index (κ2) is 5.52. The van der Waals surface area contributed by atoms with Crippen LogP contribution in [0.4, 0.5) is 0 Å². The summed E-state index contributed by atoms with van der Waals surface area (Å²) in [5.74, 6) is 0. The van der Waals surface area contributed by atoms with Crippen molar-refractivity contribution in [3.05, 3.63) is 29.8 Å². The maximum Gasteiger partial charge on any atom is 0.176 e. The highest BCUT2D eigenvalue weighted by molar-refractivity contribution is 7.99. The Morgan fingerprint density at radius 2 is 2.12 bits per heavy atom. The quantitative estimate of drug-likeness (QED) is 0.835. The van der Waals surface area contributed by atoms with Crippen LogP contribution >= 0.6 is 11.8 Å². The molecule has 1 aromatic rings. The van der Waals surface area contributed by atoms with Gasteiger partial charge in [-0.05, 0) is 24.0 Å². The van der Waals surface area contributed by atoms with E-state index in [1.54, 1.807) is 12.1 Å². The first-order valence-corrected chi connectivity index (χ1v) is 7.85. The van der Waals surface area contributed by atoms with Crippen molar-refractivity contribution in [2.24, 2.45) is 5.73 Å². The Labute approximate surface area is 101 Å². The summed E-state index contributed by atoms with van der Waals surface area (Å²) in [6.07, 6.45) is 6.79. The van der Waals surface area contributed by atoms with E-state index in [1.165, 1.54) is 18.0 Å². The van der Waals surface area contributed by atoms with Crippen molar-refractivity contribution >= 4 is 27.7 Å². The summed E-state index contributed by atoms with van der Waals surface area (Å²) in [7, 11) is -3.15. The molecule has 88 valence electrons. The van der Waals surface area contributed by atoms with Crippen LogP contribution in [-0.4, -0.2) is 27.5 Å². The zero-order chi connectivity index (χ0) is 12.2.